The molecule has 4 nitrogen and oxygen atoms in total. The first-order valence-electron chi connectivity index (χ1n) is 9.74. The normalized spacial score (nSPS) is 16.9. The maximum absolute atomic E-state index is 13.8. The van der Waals surface area contributed by atoms with Crippen molar-refractivity contribution in [1.82, 2.24) is 10.2 Å². The quantitative estimate of drug-likeness (QED) is 0.491. The molecule has 154 valence electrons. The van der Waals surface area contributed by atoms with Gasteiger partial charge in [-0.3, -0.25) is 10.2 Å². The van der Waals surface area contributed by atoms with Crippen LogP contribution in [0.1, 0.15) is 41.5 Å². The van der Waals surface area contributed by atoms with E-state index in [4.69, 9.17) is 0 Å². The van der Waals surface area contributed by atoms with Gasteiger partial charge in [-0.15, -0.1) is 0 Å². The Hall–Kier alpha value is -1.18. The highest BCUT2D eigenvalue weighted by molar-refractivity contribution is 7.71. The Labute approximate surface area is 170 Å². The topological polar surface area (TPSA) is 58.2 Å². The monoisotopic (exact) mass is 420 g/mol. The van der Waals surface area contributed by atoms with Gasteiger partial charge in [-0.2, -0.15) is 0 Å². The van der Waals surface area contributed by atoms with Crippen molar-refractivity contribution >= 4 is 25.2 Å². The van der Waals surface area contributed by atoms with Crippen LogP contribution in [0.4, 0.5) is 0 Å². The van der Waals surface area contributed by atoms with E-state index >= 15 is 0 Å². The Bertz CT molecular complexity index is 780. The summed E-state index contributed by atoms with van der Waals surface area (Å²) in [6.45, 7) is 12.9. The summed E-state index contributed by atoms with van der Waals surface area (Å²) in [7, 11) is -5.66. The summed E-state index contributed by atoms with van der Waals surface area (Å²) < 4.78 is 27.6. The summed E-state index contributed by atoms with van der Waals surface area (Å²) in [5.41, 5.74) is 0. The molecule has 0 aliphatic carbocycles. The van der Waals surface area contributed by atoms with Crippen LogP contribution in [0.15, 0.2) is 60.7 Å². The molecule has 0 aliphatic heterocycles. The van der Waals surface area contributed by atoms with Gasteiger partial charge in [0.1, 0.15) is 0 Å². The van der Waals surface area contributed by atoms with Crippen LogP contribution in [0.25, 0.3) is 0 Å². The first-order valence-corrected chi connectivity index (χ1v) is 13.1. The van der Waals surface area contributed by atoms with E-state index in [0.717, 1.165) is 10.6 Å². The van der Waals surface area contributed by atoms with Crippen molar-refractivity contribution in [2.24, 2.45) is 0 Å². The Kier molecular flexibility index (Phi) is 7.16. The van der Waals surface area contributed by atoms with Crippen molar-refractivity contribution in [3.8, 4) is 0 Å². The molecule has 0 saturated carbocycles. The zero-order valence-electron chi connectivity index (χ0n) is 17.9. The lowest BCUT2D eigenvalue weighted by Crippen LogP contribution is -2.38. The van der Waals surface area contributed by atoms with Crippen molar-refractivity contribution in [3.63, 3.8) is 0 Å². The fourth-order valence-corrected chi connectivity index (χ4v) is 8.03. The van der Waals surface area contributed by atoms with E-state index in [9.17, 15) is 9.13 Å². The second kappa shape index (κ2) is 8.67. The summed E-state index contributed by atoms with van der Waals surface area (Å²) in [5.74, 6) is 0. The van der Waals surface area contributed by atoms with Gasteiger partial charge >= 0.3 is 0 Å². The van der Waals surface area contributed by atoms with Crippen molar-refractivity contribution in [2.75, 3.05) is 13.1 Å². The minimum Gasteiger partial charge on any atom is -0.301 e. The molecular weight excluding hydrogens is 386 g/mol. The third kappa shape index (κ3) is 4.86. The Balaban J connectivity index is 2.16. The highest BCUT2D eigenvalue weighted by Gasteiger charge is 2.39. The van der Waals surface area contributed by atoms with Gasteiger partial charge < -0.3 is 9.13 Å². The summed E-state index contributed by atoms with van der Waals surface area (Å²) in [5, 5.41) is 7.42. The van der Waals surface area contributed by atoms with Gasteiger partial charge in [0.2, 0.25) is 0 Å². The van der Waals surface area contributed by atoms with Gasteiger partial charge in [0.25, 0.3) is 0 Å². The van der Waals surface area contributed by atoms with Gasteiger partial charge in [0, 0.05) is 34.0 Å². The Morgan fingerprint density at radius 2 is 0.893 bits per heavy atom. The highest BCUT2D eigenvalue weighted by atomic mass is 31.2. The molecule has 0 spiro atoms. The van der Waals surface area contributed by atoms with E-state index in [-0.39, 0.29) is 0 Å². The molecule has 2 aromatic carbocycles. The molecule has 0 heterocycles. The second-order valence-electron chi connectivity index (χ2n) is 9.05. The molecule has 0 aliphatic rings. The summed E-state index contributed by atoms with van der Waals surface area (Å²) in [6.07, 6.45) is 0. The van der Waals surface area contributed by atoms with Crippen LogP contribution < -0.4 is 20.8 Å². The molecule has 2 atom stereocenters. The molecular formula is C22H34N2O2P2. The SMILES string of the molecule is CC(C)(C)P(=O)(NCCNP(=O)(c1ccccc1)C(C)(C)C)c1ccccc1. The third-order valence-electron chi connectivity index (χ3n) is 4.92. The molecule has 0 amide bonds. The van der Waals surface area contributed by atoms with E-state index in [0.29, 0.717) is 13.1 Å². The lowest BCUT2D eigenvalue weighted by molar-refractivity contribution is 0.536. The van der Waals surface area contributed by atoms with E-state index in [1.165, 1.54) is 0 Å². The fraction of sp³-hybridized carbons (Fsp3) is 0.455. The predicted molar refractivity (Wildman–Crippen MR) is 123 cm³/mol. The molecule has 2 N–H and O–H groups in total. The zero-order valence-corrected chi connectivity index (χ0v) is 19.7. The summed E-state index contributed by atoms with van der Waals surface area (Å²) in [4.78, 5) is 0. The minimum atomic E-state index is -2.83. The lowest BCUT2D eigenvalue weighted by Gasteiger charge is -2.34. The smallest absolute Gasteiger partial charge is 0.181 e. The molecule has 0 radical (unpaired) electrons. The molecule has 0 fully saturated rings. The number of hydrogen-bond donors (Lipinski definition) is 2. The molecule has 28 heavy (non-hydrogen) atoms. The Morgan fingerprint density at radius 3 is 1.14 bits per heavy atom. The average Bonchev–Trinajstić information content (AvgIpc) is 2.64. The van der Waals surface area contributed by atoms with Crippen LogP contribution in [-0.2, 0) is 9.13 Å². The highest BCUT2D eigenvalue weighted by Crippen LogP contribution is 2.54. The fourth-order valence-electron chi connectivity index (χ4n) is 3.13. The number of rotatable bonds is 7. The molecule has 0 aromatic heterocycles. The number of benzene rings is 2. The molecule has 2 rings (SSSR count). The van der Waals surface area contributed by atoms with Crippen molar-refractivity contribution < 1.29 is 9.13 Å². The largest absolute Gasteiger partial charge is 0.301 e. The first kappa shape index (κ1) is 23.1. The second-order valence-corrected chi connectivity index (χ2v) is 15.8. The zero-order chi connectivity index (χ0) is 21.1. The number of nitrogens with one attached hydrogen (secondary N) is 2. The maximum atomic E-state index is 13.8. The maximum Gasteiger partial charge on any atom is 0.181 e. The van der Waals surface area contributed by atoms with Crippen LogP contribution in [0.3, 0.4) is 0 Å². The first-order chi connectivity index (χ1) is 12.9. The summed E-state index contributed by atoms with van der Waals surface area (Å²) in [6, 6.07) is 19.2. The van der Waals surface area contributed by atoms with Crippen LogP contribution in [0.5, 0.6) is 0 Å². The van der Waals surface area contributed by atoms with Gasteiger partial charge in [-0.05, 0) is 0 Å². The van der Waals surface area contributed by atoms with Crippen molar-refractivity contribution in [3.05, 3.63) is 60.7 Å². The third-order valence-corrected chi connectivity index (χ3v) is 12.1. The average molecular weight is 420 g/mol. The van der Waals surface area contributed by atoms with Crippen LogP contribution in [-0.4, -0.2) is 23.4 Å². The van der Waals surface area contributed by atoms with Gasteiger partial charge in [0.15, 0.2) is 14.6 Å². The van der Waals surface area contributed by atoms with Gasteiger partial charge in [-0.1, -0.05) is 102 Å². The van der Waals surface area contributed by atoms with E-state index in [1.807, 2.05) is 102 Å². The molecule has 0 bridgehead atoms. The van der Waals surface area contributed by atoms with Crippen molar-refractivity contribution in [2.45, 2.75) is 51.9 Å². The Morgan fingerprint density at radius 1 is 0.607 bits per heavy atom. The van der Waals surface area contributed by atoms with Crippen LogP contribution in [0, 0.1) is 0 Å². The van der Waals surface area contributed by atoms with Crippen LogP contribution in [0.2, 0.25) is 0 Å². The van der Waals surface area contributed by atoms with E-state index < -0.39 is 24.9 Å². The summed E-state index contributed by atoms with van der Waals surface area (Å²) >= 11 is 0. The molecule has 6 heteroatoms. The van der Waals surface area contributed by atoms with Gasteiger partial charge in [-0.25, -0.2) is 0 Å². The standard InChI is InChI=1S/C22H34N2O2P2/c1-21(2,3)27(25,19-13-9-7-10-14-19)23-17-18-24-28(26,22(4,5)6)20-15-11-8-12-16-20/h7-16H,17-18H2,1-6H3,(H,23,25)(H,24,26). The predicted octanol–water partition coefficient (Wildman–Crippen LogP) is 4.97. The number of hydrogen-bond acceptors (Lipinski definition) is 2. The molecule has 0 saturated heterocycles. The van der Waals surface area contributed by atoms with E-state index in [2.05, 4.69) is 10.2 Å². The molecule has 2 aromatic rings. The minimum absolute atomic E-state index is 0.415. The van der Waals surface area contributed by atoms with Gasteiger partial charge in [0.05, 0.1) is 0 Å². The molecule has 2 unspecified atom stereocenters. The van der Waals surface area contributed by atoms with E-state index in [1.54, 1.807) is 0 Å². The lowest BCUT2D eigenvalue weighted by atomic mass is 10.3. The van der Waals surface area contributed by atoms with Crippen LogP contribution >= 0.6 is 14.6 Å². The van der Waals surface area contributed by atoms with Crippen molar-refractivity contribution in [1.29, 1.82) is 0 Å².